The zero-order valence-corrected chi connectivity index (χ0v) is 19.4. The standard InChI is InChI=1S/C21H29N5O2.HI/c1-3-28-20(27)19-8-5-10-26(15-19)21(22-2)24-13-17-6-4-7-18(12-17)14-25-11-9-23-16-25;/h4,6-7,9,11-12,16,19H,3,5,8,10,13-15H2,1-2H3,(H,22,24);1H. The van der Waals surface area contributed by atoms with Gasteiger partial charge >= 0.3 is 5.97 Å². The van der Waals surface area contributed by atoms with Crippen LogP contribution in [0.3, 0.4) is 0 Å². The maximum absolute atomic E-state index is 12.1. The molecule has 2 heterocycles. The van der Waals surface area contributed by atoms with E-state index in [9.17, 15) is 4.79 Å². The van der Waals surface area contributed by atoms with Crippen LogP contribution < -0.4 is 5.32 Å². The molecule has 3 rings (SSSR count). The Kier molecular flexibility index (Phi) is 9.43. The molecule has 0 bridgehead atoms. The van der Waals surface area contributed by atoms with Gasteiger partial charge in [0.1, 0.15) is 0 Å². The number of hydrogen-bond donors (Lipinski definition) is 1. The number of aliphatic imine (C=N–C) groups is 1. The Labute approximate surface area is 189 Å². The van der Waals surface area contributed by atoms with Crippen LogP contribution in [0.15, 0.2) is 48.0 Å². The third-order valence-electron chi connectivity index (χ3n) is 4.92. The van der Waals surface area contributed by atoms with Gasteiger partial charge in [-0.25, -0.2) is 4.98 Å². The summed E-state index contributed by atoms with van der Waals surface area (Å²) >= 11 is 0. The minimum absolute atomic E-state index is 0. The maximum Gasteiger partial charge on any atom is 0.310 e. The number of imidazole rings is 1. The van der Waals surface area contributed by atoms with Crippen LogP contribution in [0.2, 0.25) is 0 Å². The van der Waals surface area contributed by atoms with Crippen molar-refractivity contribution in [2.45, 2.75) is 32.9 Å². The van der Waals surface area contributed by atoms with Crippen LogP contribution in [-0.2, 0) is 22.6 Å². The van der Waals surface area contributed by atoms with Gasteiger partial charge in [-0.2, -0.15) is 0 Å². The van der Waals surface area contributed by atoms with Gasteiger partial charge in [0.05, 0.1) is 18.9 Å². The number of guanidine groups is 1. The molecule has 1 aromatic carbocycles. The average Bonchev–Trinajstić information content (AvgIpc) is 3.22. The molecule has 0 aliphatic carbocycles. The lowest BCUT2D eigenvalue weighted by molar-refractivity contribution is -0.149. The molecule has 0 amide bonds. The summed E-state index contributed by atoms with van der Waals surface area (Å²) in [5, 5.41) is 3.44. The summed E-state index contributed by atoms with van der Waals surface area (Å²) in [6, 6.07) is 8.49. The maximum atomic E-state index is 12.1. The molecule has 1 saturated heterocycles. The lowest BCUT2D eigenvalue weighted by atomic mass is 9.98. The summed E-state index contributed by atoms with van der Waals surface area (Å²) in [5.41, 5.74) is 2.42. The number of esters is 1. The number of hydrogen-bond acceptors (Lipinski definition) is 4. The van der Waals surface area contributed by atoms with Crippen LogP contribution in [0.5, 0.6) is 0 Å². The minimum Gasteiger partial charge on any atom is -0.466 e. The number of aromatic nitrogens is 2. The number of benzene rings is 1. The largest absolute Gasteiger partial charge is 0.466 e. The van der Waals surface area contributed by atoms with Gasteiger partial charge in [-0.05, 0) is 30.9 Å². The molecule has 0 saturated carbocycles. The van der Waals surface area contributed by atoms with Crippen molar-refractivity contribution >= 4 is 35.9 Å². The first kappa shape index (κ1) is 23.2. The van der Waals surface area contributed by atoms with Gasteiger partial charge in [0.15, 0.2) is 5.96 Å². The van der Waals surface area contributed by atoms with Crippen molar-refractivity contribution in [1.29, 1.82) is 0 Å². The van der Waals surface area contributed by atoms with Crippen LogP contribution >= 0.6 is 24.0 Å². The monoisotopic (exact) mass is 511 g/mol. The summed E-state index contributed by atoms with van der Waals surface area (Å²) < 4.78 is 7.25. The van der Waals surface area contributed by atoms with Crippen molar-refractivity contribution in [3.63, 3.8) is 0 Å². The van der Waals surface area contributed by atoms with Gasteiger partial charge in [0.25, 0.3) is 0 Å². The molecule has 1 aliphatic heterocycles. The minimum atomic E-state index is -0.102. The molecule has 2 aromatic rings. The highest BCUT2D eigenvalue weighted by molar-refractivity contribution is 14.0. The van der Waals surface area contributed by atoms with E-state index < -0.39 is 0 Å². The number of carbonyl (C=O) groups excluding carboxylic acids is 1. The third-order valence-corrected chi connectivity index (χ3v) is 4.92. The summed E-state index contributed by atoms with van der Waals surface area (Å²) in [6.45, 7) is 5.31. The van der Waals surface area contributed by atoms with E-state index in [0.29, 0.717) is 19.7 Å². The van der Waals surface area contributed by atoms with Crippen LogP contribution in [0, 0.1) is 5.92 Å². The topological polar surface area (TPSA) is 71.8 Å². The summed E-state index contributed by atoms with van der Waals surface area (Å²) in [4.78, 5) is 22.7. The zero-order valence-electron chi connectivity index (χ0n) is 17.1. The van der Waals surface area contributed by atoms with Crippen molar-refractivity contribution in [2.75, 3.05) is 26.7 Å². The molecule has 0 radical (unpaired) electrons. The Morgan fingerprint density at radius 3 is 2.93 bits per heavy atom. The quantitative estimate of drug-likeness (QED) is 0.280. The predicted molar refractivity (Wildman–Crippen MR) is 124 cm³/mol. The van der Waals surface area contributed by atoms with Gasteiger partial charge in [0, 0.05) is 45.6 Å². The number of ether oxygens (including phenoxy) is 1. The second kappa shape index (κ2) is 11.8. The Bertz CT molecular complexity index is 794. The second-order valence-corrected chi connectivity index (χ2v) is 6.99. The molecule has 1 aliphatic rings. The highest BCUT2D eigenvalue weighted by Gasteiger charge is 2.28. The van der Waals surface area contributed by atoms with Crippen molar-refractivity contribution in [3.05, 3.63) is 54.1 Å². The molecule has 1 N–H and O–H groups in total. The lowest BCUT2D eigenvalue weighted by Gasteiger charge is -2.34. The summed E-state index contributed by atoms with van der Waals surface area (Å²) in [7, 11) is 1.78. The Balaban J connectivity index is 0.00000300. The van der Waals surface area contributed by atoms with E-state index in [1.165, 1.54) is 11.1 Å². The van der Waals surface area contributed by atoms with E-state index in [0.717, 1.165) is 31.9 Å². The van der Waals surface area contributed by atoms with Gasteiger partial charge in [-0.3, -0.25) is 9.79 Å². The zero-order chi connectivity index (χ0) is 19.8. The fraction of sp³-hybridized carbons (Fsp3) is 0.476. The van der Waals surface area contributed by atoms with Gasteiger partial charge in [-0.1, -0.05) is 24.3 Å². The first-order valence-corrected chi connectivity index (χ1v) is 9.85. The summed E-state index contributed by atoms with van der Waals surface area (Å²) in [6.07, 6.45) is 7.41. The highest BCUT2D eigenvalue weighted by atomic mass is 127. The molecule has 1 atom stereocenters. The average molecular weight is 511 g/mol. The highest BCUT2D eigenvalue weighted by Crippen LogP contribution is 2.18. The number of nitrogens with one attached hydrogen (secondary N) is 1. The molecule has 1 fully saturated rings. The van der Waals surface area contributed by atoms with Crippen molar-refractivity contribution < 1.29 is 9.53 Å². The first-order valence-electron chi connectivity index (χ1n) is 9.85. The number of carbonyl (C=O) groups is 1. The van der Waals surface area contributed by atoms with Gasteiger partial charge in [0.2, 0.25) is 0 Å². The van der Waals surface area contributed by atoms with E-state index in [1.807, 2.05) is 19.4 Å². The van der Waals surface area contributed by atoms with Gasteiger partial charge in [-0.15, -0.1) is 24.0 Å². The molecule has 29 heavy (non-hydrogen) atoms. The number of halogens is 1. The normalized spacial score (nSPS) is 16.8. The lowest BCUT2D eigenvalue weighted by Crippen LogP contribution is -2.48. The molecular formula is C21H30IN5O2. The fourth-order valence-corrected chi connectivity index (χ4v) is 3.56. The smallest absolute Gasteiger partial charge is 0.310 e. The molecular weight excluding hydrogens is 481 g/mol. The number of likely N-dealkylation sites (tertiary alicyclic amines) is 1. The van der Waals surface area contributed by atoms with Crippen molar-refractivity contribution in [2.24, 2.45) is 10.9 Å². The van der Waals surface area contributed by atoms with E-state index in [1.54, 1.807) is 13.2 Å². The van der Waals surface area contributed by atoms with Gasteiger partial charge < -0.3 is 19.5 Å². The van der Waals surface area contributed by atoms with Crippen molar-refractivity contribution in [3.8, 4) is 0 Å². The first-order chi connectivity index (χ1) is 13.7. The van der Waals surface area contributed by atoms with Crippen LogP contribution in [0.25, 0.3) is 0 Å². The fourth-order valence-electron chi connectivity index (χ4n) is 3.56. The Morgan fingerprint density at radius 2 is 2.21 bits per heavy atom. The predicted octanol–water partition coefficient (Wildman–Crippen LogP) is 2.90. The number of nitrogens with zero attached hydrogens (tertiary/aromatic N) is 4. The van der Waals surface area contributed by atoms with E-state index >= 15 is 0 Å². The molecule has 0 spiro atoms. The molecule has 1 aromatic heterocycles. The Morgan fingerprint density at radius 1 is 1.38 bits per heavy atom. The Hall–Kier alpha value is -2.10. The second-order valence-electron chi connectivity index (χ2n) is 6.99. The van der Waals surface area contributed by atoms with E-state index in [-0.39, 0.29) is 35.9 Å². The molecule has 1 unspecified atom stereocenters. The molecule has 7 nitrogen and oxygen atoms in total. The van der Waals surface area contributed by atoms with Crippen LogP contribution in [0.4, 0.5) is 0 Å². The van der Waals surface area contributed by atoms with E-state index in [4.69, 9.17) is 4.74 Å². The summed E-state index contributed by atoms with van der Waals surface area (Å²) in [5.74, 6) is 0.648. The number of rotatable bonds is 6. The van der Waals surface area contributed by atoms with Crippen molar-refractivity contribution in [1.82, 2.24) is 19.8 Å². The molecule has 8 heteroatoms. The third kappa shape index (κ3) is 6.73. The molecule has 158 valence electrons. The number of piperidine rings is 1. The van der Waals surface area contributed by atoms with Crippen LogP contribution in [0.1, 0.15) is 30.9 Å². The van der Waals surface area contributed by atoms with E-state index in [2.05, 4.69) is 49.0 Å². The SMILES string of the molecule is CCOC(=O)C1CCCN(C(=NC)NCc2cccc(Cn3ccnc3)c2)C1.I. The van der Waals surface area contributed by atoms with Crippen LogP contribution in [-0.4, -0.2) is 53.1 Å².